The SMILES string of the molecule is CSOC(=O)c1ccccc1.[NaH]. The van der Waals surface area contributed by atoms with Crippen LogP contribution in [0.2, 0.25) is 0 Å². The van der Waals surface area contributed by atoms with E-state index in [1.54, 1.807) is 30.5 Å². The zero-order chi connectivity index (χ0) is 8.10. The van der Waals surface area contributed by atoms with Crippen molar-refractivity contribution in [3.8, 4) is 0 Å². The number of benzene rings is 1. The summed E-state index contributed by atoms with van der Waals surface area (Å²) in [6, 6.07) is 8.90. The number of carbonyl (C=O) groups excluding carboxylic acids is 1. The number of hydrogen-bond donors (Lipinski definition) is 0. The Morgan fingerprint density at radius 2 is 1.92 bits per heavy atom. The molecule has 0 saturated carbocycles. The van der Waals surface area contributed by atoms with Crippen LogP contribution in [0.3, 0.4) is 0 Å². The van der Waals surface area contributed by atoms with E-state index in [-0.39, 0.29) is 35.5 Å². The second-order valence-electron chi connectivity index (χ2n) is 1.90. The maximum absolute atomic E-state index is 11.0. The fourth-order valence-electron chi connectivity index (χ4n) is 0.698. The summed E-state index contributed by atoms with van der Waals surface area (Å²) in [6.07, 6.45) is 1.71. The normalized spacial score (nSPS) is 8.42. The Balaban J connectivity index is 0.00000121. The van der Waals surface area contributed by atoms with E-state index in [4.69, 9.17) is 4.18 Å². The predicted octanol–water partition coefficient (Wildman–Crippen LogP) is 1.47. The first-order valence-electron chi connectivity index (χ1n) is 3.14. The average Bonchev–Trinajstić information content (AvgIpc) is 2.07. The van der Waals surface area contributed by atoms with Gasteiger partial charge in [-0.25, -0.2) is 4.79 Å². The van der Waals surface area contributed by atoms with Crippen LogP contribution in [-0.2, 0) is 4.18 Å². The first kappa shape index (κ1) is 12.0. The third kappa shape index (κ3) is 3.63. The van der Waals surface area contributed by atoms with Crippen LogP contribution in [0.5, 0.6) is 0 Å². The Hall–Kier alpha value is 0.0400. The molecule has 0 bridgehead atoms. The van der Waals surface area contributed by atoms with E-state index in [1.165, 1.54) is 0 Å². The van der Waals surface area contributed by atoms with Gasteiger partial charge < -0.3 is 4.18 Å². The van der Waals surface area contributed by atoms with E-state index in [0.717, 1.165) is 12.0 Å². The van der Waals surface area contributed by atoms with Crippen molar-refractivity contribution in [1.29, 1.82) is 0 Å². The van der Waals surface area contributed by atoms with Gasteiger partial charge in [-0.2, -0.15) is 0 Å². The topological polar surface area (TPSA) is 26.3 Å². The Morgan fingerprint density at radius 1 is 1.33 bits per heavy atom. The third-order valence-corrected chi connectivity index (χ3v) is 1.49. The van der Waals surface area contributed by atoms with Crippen molar-refractivity contribution in [2.24, 2.45) is 0 Å². The van der Waals surface area contributed by atoms with Crippen LogP contribution in [0.1, 0.15) is 10.4 Å². The number of carbonyl (C=O) groups is 1. The quantitative estimate of drug-likeness (QED) is 0.524. The van der Waals surface area contributed by atoms with E-state index >= 15 is 0 Å². The van der Waals surface area contributed by atoms with E-state index in [1.807, 2.05) is 6.07 Å². The number of hydrogen-bond acceptors (Lipinski definition) is 3. The first-order valence-corrected chi connectivity index (χ1v) is 4.29. The fraction of sp³-hybridized carbons (Fsp3) is 0.125. The minimum atomic E-state index is -0.293. The second-order valence-corrected chi connectivity index (χ2v) is 2.40. The van der Waals surface area contributed by atoms with Crippen molar-refractivity contribution in [2.75, 3.05) is 6.26 Å². The van der Waals surface area contributed by atoms with Gasteiger partial charge in [0.05, 0.1) is 17.6 Å². The van der Waals surface area contributed by atoms with Gasteiger partial charge in [-0.05, 0) is 12.1 Å². The molecule has 1 aromatic carbocycles. The van der Waals surface area contributed by atoms with Gasteiger partial charge in [0.15, 0.2) is 0 Å². The Bertz CT molecular complexity index is 238. The van der Waals surface area contributed by atoms with E-state index in [0.29, 0.717) is 5.56 Å². The summed E-state index contributed by atoms with van der Waals surface area (Å²) in [5.74, 6) is -0.293. The molecule has 0 aliphatic heterocycles. The fourth-order valence-corrected chi connectivity index (χ4v) is 0.946. The first-order chi connectivity index (χ1) is 5.34. The molecular formula is C8H9NaO2S. The standard InChI is InChI=1S/C8H8O2S.Na.H/c1-11-10-8(9)7-5-3-2-4-6-7;;/h2-6H,1H3;;. The van der Waals surface area contributed by atoms with Crippen LogP contribution in [0.25, 0.3) is 0 Å². The van der Waals surface area contributed by atoms with Crippen LogP contribution < -0.4 is 0 Å². The summed E-state index contributed by atoms with van der Waals surface area (Å²) in [7, 11) is 0. The molecular weight excluding hydrogens is 183 g/mol. The van der Waals surface area contributed by atoms with Crippen molar-refractivity contribution in [3.63, 3.8) is 0 Å². The summed E-state index contributed by atoms with van der Waals surface area (Å²) in [5, 5.41) is 0. The molecule has 0 unspecified atom stereocenters. The molecule has 4 heteroatoms. The van der Waals surface area contributed by atoms with Gasteiger partial charge in [0, 0.05) is 6.26 Å². The van der Waals surface area contributed by atoms with Crippen molar-refractivity contribution < 1.29 is 8.98 Å². The predicted molar refractivity (Wildman–Crippen MR) is 52.5 cm³/mol. The third-order valence-electron chi connectivity index (χ3n) is 1.17. The Morgan fingerprint density at radius 3 is 2.42 bits per heavy atom. The molecule has 0 heterocycles. The van der Waals surface area contributed by atoms with Crippen molar-refractivity contribution in [1.82, 2.24) is 0 Å². The molecule has 0 aliphatic rings. The van der Waals surface area contributed by atoms with Crippen molar-refractivity contribution in [3.05, 3.63) is 35.9 Å². The molecule has 2 nitrogen and oxygen atoms in total. The van der Waals surface area contributed by atoms with Gasteiger partial charge in [-0.15, -0.1) is 0 Å². The second kappa shape index (κ2) is 6.54. The van der Waals surface area contributed by atoms with Crippen LogP contribution in [0, 0.1) is 0 Å². The maximum atomic E-state index is 11.0. The summed E-state index contributed by atoms with van der Waals surface area (Å²) >= 11 is 1.06. The molecule has 12 heavy (non-hydrogen) atoms. The van der Waals surface area contributed by atoms with Gasteiger partial charge >= 0.3 is 35.5 Å². The summed E-state index contributed by atoms with van der Waals surface area (Å²) in [4.78, 5) is 11.0. The van der Waals surface area contributed by atoms with E-state index in [2.05, 4.69) is 0 Å². The van der Waals surface area contributed by atoms with Gasteiger partial charge in [0.1, 0.15) is 0 Å². The van der Waals surface area contributed by atoms with Crippen LogP contribution >= 0.6 is 12.0 Å². The van der Waals surface area contributed by atoms with E-state index < -0.39 is 0 Å². The van der Waals surface area contributed by atoms with Crippen LogP contribution in [0.4, 0.5) is 0 Å². The summed E-state index contributed by atoms with van der Waals surface area (Å²) in [5.41, 5.74) is 0.585. The molecule has 0 aromatic heterocycles. The van der Waals surface area contributed by atoms with Gasteiger partial charge in [0.25, 0.3) is 0 Å². The summed E-state index contributed by atoms with van der Waals surface area (Å²) < 4.78 is 4.71. The molecule has 0 atom stereocenters. The minimum absolute atomic E-state index is 0. The monoisotopic (exact) mass is 192 g/mol. The molecule has 0 amide bonds. The van der Waals surface area contributed by atoms with Crippen LogP contribution in [-0.4, -0.2) is 41.8 Å². The molecule has 0 N–H and O–H groups in total. The summed E-state index contributed by atoms with van der Waals surface area (Å²) in [6.45, 7) is 0. The molecule has 0 spiro atoms. The van der Waals surface area contributed by atoms with Gasteiger partial charge in [0.2, 0.25) is 0 Å². The molecule has 0 aliphatic carbocycles. The van der Waals surface area contributed by atoms with Crippen molar-refractivity contribution in [2.45, 2.75) is 0 Å². The zero-order valence-corrected chi connectivity index (χ0v) is 6.93. The zero-order valence-electron chi connectivity index (χ0n) is 6.11. The van der Waals surface area contributed by atoms with Crippen LogP contribution in [0.15, 0.2) is 30.3 Å². The van der Waals surface area contributed by atoms with E-state index in [9.17, 15) is 4.79 Å². The molecule has 60 valence electrons. The van der Waals surface area contributed by atoms with Crippen molar-refractivity contribution >= 4 is 47.6 Å². The molecule has 0 saturated heterocycles. The Labute approximate surface area is 98.2 Å². The molecule has 0 fully saturated rings. The molecule has 1 aromatic rings. The van der Waals surface area contributed by atoms with Gasteiger partial charge in [-0.3, -0.25) is 0 Å². The number of rotatable bonds is 2. The van der Waals surface area contributed by atoms with Gasteiger partial charge in [-0.1, -0.05) is 18.2 Å². The average molecular weight is 192 g/mol. The molecule has 1 rings (SSSR count). The molecule has 0 radical (unpaired) electrons. The Kier molecular flexibility index (Phi) is 6.57.